The van der Waals surface area contributed by atoms with Gasteiger partial charge in [0, 0.05) is 18.5 Å². The Kier molecular flexibility index (Phi) is 4.74. The van der Waals surface area contributed by atoms with Crippen LogP contribution in [-0.2, 0) is 11.3 Å². The van der Waals surface area contributed by atoms with Gasteiger partial charge >= 0.3 is 5.97 Å². The first-order valence-corrected chi connectivity index (χ1v) is 6.91. The van der Waals surface area contributed by atoms with Gasteiger partial charge in [-0.05, 0) is 43.4 Å². The molecule has 2 rings (SSSR count). The molecule has 0 aliphatic heterocycles. The Morgan fingerprint density at radius 3 is 2.55 bits per heavy atom. The molecule has 0 bridgehead atoms. The maximum Gasteiger partial charge on any atom is 0.335 e. The van der Waals surface area contributed by atoms with Crippen molar-refractivity contribution in [2.45, 2.75) is 38.3 Å². The van der Waals surface area contributed by atoms with Crippen molar-refractivity contribution in [1.82, 2.24) is 5.32 Å². The minimum atomic E-state index is -0.909. The highest BCUT2D eigenvalue weighted by atomic mass is 16.4. The Hall–Kier alpha value is -1.88. The van der Waals surface area contributed by atoms with Crippen molar-refractivity contribution in [2.75, 3.05) is 0 Å². The first-order valence-electron chi connectivity index (χ1n) is 6.91. The Balaban J connectivity index is 1.83. The van der Waals surface area contributed by atoms with Gasteiger partial charge in [-0.15, -0.1) is 0 Å². The second-order valence-electron chi connectivity index (χ2n) is 5.34. The van der Waals surface area contributed by atoms with Gasteiger partial charge in [0.25, 0.3) is 0 Å². The normalized spacial score (nSPS) is 22.4. The minimum absolute atomic E-state index is 0.0170. The number of nitrogens with two attached hydrogens (primary N) is 1. The third kappa shape index (κ3) is 3.81. The lowest BCUT2D eigenvalue weighted by molar-refractivity contribution is -0.122. The average Bonchev–Trinajstić information content (AvgIpc) is 2.46. The van der Waals surface area contributed by atoms with E-state index in [-0.39, 0.29) is 11.8 Å². The summed E-state index contributed by atoms with van der Waals surface area (Å²) >= 11 is 0. The van der Waals surface area contributed by atoms with Crippen LogP contribution in [0.2, 0.25) is 0 Å². The molecule has 1 saturated carbocycles. The van der Waals surface area contributed by atoms with E-state index in [0.29, 0.717) is 18.2 Å². The first kappa shape index (κ1) is 14.5. The highest BCUT2D eigenvalue weighted by Crippen LogP contribution is 2.24. The van der Waals surface area contributed by atoms with Crippen molar-refractivity contribution in [2.24, 2.45) is 11.7 Å². The fraction of sp³-hybridized carbons (Fsp3) is 0.467. The van der Waals surface area contributed by atoms with Crippen LogP contribution < -0.4 is 11.1 Å². The van der Waals surface area contributed by atoms with E-state index < -0.39 is 5.97 Å². The van der Waals surface area contributed by atoms with Crippen molar-refractivity contribution < 1.29 is 14.7 Å². The van der Waals surface area contributed by atoms with Crippen LogP contribution in [0.15, 0.2) is 24.3 Å². The highest BCUT2D eigenvalue weighted by Gasteiger charge is 2.24. The van der Waals surface area contributed by atoms with E-state index in [1.54, 1.807) is 18.2 Å². The molecule has 1 aliphatic carbocycles. The van der Waals surface area contributed by atoms with E-state index in [1.807, 2.05) is 6.07 Å². The summed E-state index contributed by atoms with van der Waals surface area (Å²) in [4.78, 5) is 22.0. The third-order valence-electron chi connectivity index (χ3n) is 3.90. The molecule has 0 aromatic heterocycles. The van der Waals surface area contributed by atoms with Gasteiger partial charge in [0.05, 0.1) is 5.56 Å². The zero-order valence-electron chi connectivity index (χ0n) is 11.3. The maximum atomic E-state index is 11.1. The number of carboxylic acid groups (broad SMARTS) is 1. The SMILES string of the molecule is NC(=O)C1CCC(NCc2cccc(C(=O)O)c2)CC1. The molecule has 0 spiro atoms. The number of carboxylic acids is 1. The molecule has 0 unspecified atom stereocenters. The molecule has 1 aromatic rings. The quantitative estimate of drug-likeness (QED) is 0.760. The molecule has 20 heavy (non-hydrogen) atoms. The lowest BCUT2D eigenvalue weighted by atomic mass is 9.85. The number of benzene rings is 1. The predicted molar refractivity (Wildman–Crippen MR) is 75.2 cm³/mol. The lowest BCUT2D eigenvalue weighted by Gasteiger charge is -2.27. The summed E-state index contributed by atoms with van der Waals surface area (Å²) in [6.07, 6.45) is 3.54. The molecular formula is C15H20N2O3. The van der Waals surface area contributed by atoms with E-state index >= 15 is 0 Å². The second-order valence-corrected chi connectivity index (χ2v) is 5.34. The second kappa shape index (κ2) is 6.52. The van der Waals surface area contributed by atoms with Gasteiger partial charge in [-0.25, -0.2) is 4.79 Å². The smallest absolute Gasteiger partial charge is 0.335 e. The molecule has 108 valence electrons. The van der Waals surface area contributed by atoms with Crippen molar-refractivity contribution >= 4 is 11.9 Å². The van der Waals surface area contributed by atoms with Crippen molar-refractivity contribution in [3.8, 4) is 0 Å². The Morgan fingerprint density at radius 1 is 1.25 bits per heavy atom. The lowest BCUT2D eigenvalue weighted by Crippen LogP contribution is -2.36. The topological polar surface area (TPSA) is 92.4 Å². The Bertz CT molecular complexity index is 494. The number of nitrogens with one attached hydrogen (secondary N) is 1. The van der Waals surface area contributed by atoms with Crippen LogP contribution in [0.4, 0.5) is 0 Å². The molecule has 1 amide bonds. The molecule has 5 heteroatoms. The van der Waals surface area contributed by atoms with Crippen LogP contribution in [0, 0.1) is 5.92 Å². The summed E-state index contributed by atoms with van der Waals surface area (Å²) in [6.45, 7) is 0.646. The molecule has 1 aliphatic rings. The molecule has 0 saturated heterocycles. The number of rotatable bonds is 5. The Labute approximate surface area is 118 Å². The average molecular weight is 276 g/mol. The van der Waals surface area contributed by atoms with Crippen molar-refractivity contribution in [3.63, 3.8) is 0 Å². The summed E-state index contributed by atoms with van der Waals surface area (Å²) in [5.74, 6) is -1.09. The van der Waals surface area contributed by atoms with Crippen molar-refractivity contribution in [3.05, 3.63) is 35.4 Å². The molecule has 0 radical (unpaired) electrons. The number of carbonyl (C=O) groups is 2. The summed E-state index contributed by atoms with van der Waals surface area (Å²) in [5.41, 5.74) is 6.57. The van der Waals surface area contributed by atoms with Gasteiger partial charge in [-0.2, -0.15) is 0 Å². The van der Waals surface area contributed by atoms with E-state index in [0.717, 1.165) is 31.2 Å². The molecule has 5 nitrogen and oxygen atoms in total. The molecule has 4 N–H and O–H groups in total. The van der Waals surface area contributed by atoms with Gasteiger partial charge in [0.1, 0.15) is 0 Å². The molecule has 1 fully saturated rings. The number of primary amides is 1. The monoisotopic (exact) mass is 276 g/mol. The predicted octanol–water partition coefficient (Wildman–Crippen LogP) is 1.52. The van der Waals surface area contributed by atoms with Gasteiger partial charge < -0.3 is 16.2 Å². The minimum Gasteiger partial charge on any atom is -0.478 e. The summed E-state index contributed by atoms with van der Waals surface area (Å²) in [6, 6.07) is 7.31. The van der Waals surface area contributed by atoms with Crippen LogP contribution in [-0.4, -0.2) is 23.0 Å². The highest BCUT2D eigenvalue weighted by molar-refractivity contribution is 5.87. The standard InChI is InChI=1S/C15H20N2O3/c16-14(18)11-4-6-13(7-5-11)17-9-10-2-1-3-12(8-10)15(19)20/h1-3,8,11,13,17H,4-7,9H2,(H2,16,18)(H,19,20). The number of hydrogen-bond acceptors (Lipinski definition) is 3. The van der Waals surface area contributed by atoms with Crippen LogP contribution in [0.1, 0.15) is 41.6 Å². The fourth-order valence-electron chi connectivity index (χ4n) is 2.66. The largest absolute Gasteiger partial charge is 0.478 e. The zero-order chi connectivity index (χ0) is 14.5. The van der Waals surface area contributed by atoms with E-state index in [4.69, 9.17) is 10.8 Å². The zero-order valence-corrected chi connectivity index (χ0v) is 11.3. The summed E-state index contributed by atoms with van der Waals surface area (Å²) in [7, 11) is 0. The summed E-state index contributed by atoms with van der Waals surface area (Å²) in [5, 5.41) is 12.4. The fourth-order valence-corrected chi connectivity index (χ4v) is 2.66. The van der Waals surface area contributed by atoms with Crippen LogP contribution in [0.3, 0.4) is 0 Å². The number of carbonyl (C=O) groups excluding carboxylic acids is 1. The first-order chi connectivity index (χ1) is 9.56. The molecule has 0 heterocycles. The summed E-state index contributed by atoms with van der Waals surface area (Å²) < 4.78 is 0. The number of amides is 1. The molecule has 1 aromatic carbocycles. The van der Waals surface area contributed by atoms with Gasteiger partial charge in [-0.1, -0.05) is 12.1 Å². The van der Waals surface area contributed by atoms with Gasteiger partial charge in [0.15, 0.2) is 0 Å². The van der Waals surface area contributed by atoms with E-state index in [2.05, 4.69) is 5.32 Å². The molecule has 0 atom stereocenters. The van der Waals surface area contributed by atoms with Crippen LogP contribution in [0.5, 0.6) is 0 Å². The number of hydrogen-bond donors (Lipinski definition) is 3. The number of aromatic carboxylic acids is 1. The van der Waals surface area contributed by atoms with Crippen LogP contribution in [0.25, 0.3) is 0 Å². The van der Waals surface area contributed by atoms with Crippen LogP contribution >= 0.6 is 0 Å². The molecular weight excluding hydrogens is 256 g/mol. The third-order valence-corrected chi connectivity index (χ3v) is 3.90. The van der Waals surface area contributed by atoms with Crippen molar-refractivity contribution in [1.29, 1.82) is 0 Å². The van der Waals surface area contributed by atoms with Gasteiger partial charge in [-0.3, -0.25) is 4.79 Å². The maximum absolute atomic E-state index is 11.1. The van der Waals surface area contributed by atoms with E-state index in [9.17, 15) is 9.59 Å². The Morgan fingerprint density at radius 2 is 1.95 bits per heavy atom. The van der Waals surface area contributed by atoms with Gasteiger partial charge in [0.2, 0.25) is 5.91 Å². The van der Waals surface area contributed by atoms with E-state index in [1.165, 1.54) is 0 Å².